The minimum atomic E-state index is -2.89. The van der Waals surface area contributed by atoms with Crippen LogP contribution in [0.25, 0.3) is 11.3 Å². The number of hydrogen-bond acceptors (Lipinski definition) is 3. The third-order valence-electron chi connectivity index (χ3n) is 2.19. The summed E-state index contributed by atoms with van der Waals surface area (Å²) in [6.07, 6.45) is 1.51. The Labute approximate surface area is 96.6 Å². The molecule has 0 radical (unpaired) electrons. The molecular weight excluding hydrogens is 230 g/mol. The molecule has 0 saturated heterocycles. The molecule has 0 saturated carbocycles. The van der Waals surface area contributed by atoms with E-state index in [2.05, 4.69) is 4.74 Å². The number of methoxy groups -OCH3 is 1. The molecule has 0 fully saturated rings. The SMILES string of the molecule is COc1ccc(-c2ccco2)cc1OC(F)F. The maximum Gasteiger partial charge on any atom is 0.387 e. The highest BCUT2D eigenvalue weighted by atomic mass is 19.3. The lowest BCUT2D eigenvalue weighted by Crippen LogP contribution is -2.03. The number of ether oxygens (including phenoxy) is 2. The zero-order valence-corrected chi connectivity index (χ0v) is 9.02. The Morgan fingerprint density at radius 2 is 2.00 bits per heavy atom. The summed E-state index contributed by atoms with van der Waals surface area (Å²) in [7, 11) is 1.39. The van der Waals surface area contributed by atoms with Crippen molar-refractivity contribution in [2.45, 2.75) is 6.61 Å². The second kappa shape index (κ2) is 4.86. The third-order valence-corrected chi connectivity index (χ3v) is 2.19. The molecular formula is C12H10F2O3. The van der Waals surface area contributed by atoms with Crippen LogP contribution in [0.15, 0.2) is 41.0 Å². The first-order valence-electron chi connectivity index (χ1n) is 4.87. The number of alkyl halides is 2. The van der Waals surface area contributed by atoms with Gasteiger partial charge in [-0.15, -0.1) is 0 Å². The van der Waals surface area contributed by atoms with Gasteiger partial charge in [-0.3, -0.25) is 0 Å². The van der Waals surface area contributed by atoms with E-state index in [4.69, 9.17) is 9.15 Å². The van der Waals surface area contributed by atoms with Crippen LogP contribution < -0.4 is 9.47 Å². The summed E-state index contributed by atoms with van der Waals surface area (Å²) in [5, 5.41) is 0. The lowest BCUT2D eigenvalue weighted by molar-refractivity contribution is -0.0511. The maximum atomic E-state index is 12.2. The fourth-order valence-corrected chi connectivity index (χ4v) is 1.46. The fraction of sp³-hybridized carbons (Fsp3) is 0.167. The van der Waals surface area contributed by atoms with Gasteiger partial charge in [0.15, 0.2) is 11.5 Å². The molecule has 1 aromatic heterocycles. The van der Waals surface area contributed by atoms with E-state index in [1.165, 1.54) is 19.4 Å². The molecule has 0 aliphatic heterocycles. The van der Waals surface area contributed by atoms with Gasteiger partial charge >= 0.3 is 6.61 Å². The zero-order chi connectivity index (χ0) is 12.3. The lowest BCUT2D eigenvalue weighted by Gasteiger charge is -2.10. The predicted molar refractivity (Wildman–Crippen MR) is 57.3 cm³/mol. The van der Waals surface area contributed by atoms with E-state index in [1.807, 2.05) is 0 Å². The maximum absolute atomic E-state index is 12.2. The van der Waals surface area contributed by atoms with Gasteiger partial charge in [-0.2, -0.15) is 8.78 Å². The molecule has 17 heavy (non-hydrogen) atoms. The van der Waals surface area contributed by atoms with Crippen molar-refractivity contribution < 1.29 is 22.7 Å². The molecule has 0 spiro atoms. The minimum Gasteiger partial charge on any atom is -0.493 e. The van der Waals surface area contributed by atoms with Crippen molar-refractivity contribution >= 4 is 0 Å². The number of halogens is 2. The van der Waals surface area contributed by atoms with Gasteiger partial charge in [0.25, 0.3) is 0 Å². The molecule has 0 unspecified atom stereocenters. The Hall–Kier alpha value is -2.04. The van der Waals surface area contributed by atoms with Gasteiger partial charge in [-0.25, -0.2) is 0 Å². The van der Waals surface area contributed by atoms with Gasteiger partial charge in [0.2, 0.25) is 0 Å². The third kappa shape index (κ3) is 2.55. The molecule has 2 aromatic rings. The molecule has 1 heterocycles. The van der Waals surface area contributed by atoms with E-state index < -0.39 is 6.61 Å². The van der Waals surface area contributed by atoms with Crippen molar-refractivity contribution in [3.8, 4) is 22.8 Å². The largest absolute Gasteiger partial charge is 0.493 e. The van der Waals surface area contributed by atoms with Crippen LogP contribution >= 0.6 is 0 Å². The van der Waals surface area contributed by atoms with Crippen molar-refractivity contribution in [3.05, 3.63) is 36.6 Å². The number of rotatable bonds is 4. The van der Waals surface area contributed by atoms with Crippen LogP contribution in [0.3, 0.4) is 0 Å². The average molecular weight is 240 g/mol. The summed E-state index contributed by atoms with van der Waals surface area (Å²) in [4.78, 5) is 0. The first kappa shape index (κ1) is 11.4. The molecule has 0 aliphatic rings. The Morgan fingerprint density at radius 3 is 2.59 bits per heavy atom. The van der Waals surface area contributed by atoms with E-state index >= 15 is 0 Å². The lowest BCUT2D eigenvalue weighted by atomic mass is 10.1. The van der Waals surface area contributed by atoms with Crippen molar-refractivity contribution in [1.29, 1.82) is 0 Å². The molecule has 3 nitrogen and oxygen atoms in total. The second-order valence-corrected chi connectivity index (χ2v) is 3.22. The minimum absolute atomic E-state index is 0.0172. The summed E-state index contributed by atoms with van der Waals surface area (Å²) in [5.74, 6) is 0.809. The summed E-state index contributed by atoms with van der Waals surface area (Å²) in [5.41, 5.74) is 0.645. The Morgan fingerprint density at radius 1 is 1.18 bits per heavy atom. The van der Waals surface area contributed by atoms with E-state index in [-0.39, 0.29) is 11.5 Å². The standard InChI is InChI=1S/C12H10F2O3/c1-15-10-5-4-8(9-3-2-6-16-9)7-11(10)17-12(13)14/h2-7,12H,1H3. The molecule has 90 valence electrons. The first-order valence-corrected chi connectivity index (χ1v) is 4.87. The highest BCUT2D eigenvalue weighted by Crippen LogP contribution is 2.33. The first-order chi connectivity index (χ1) is 8.20. The summed E-state index contributed by atoms with van der Waals surface area (Å²) in [6.45, 7) is -2.89. The van der Waals surface area contributed by atoms with Crippen molar-refractivity contribution in [2.75, 3.05) is 7.11 Å². The van der Waals surface area contributed by atoms with Crippen LogP contribution in [0.5, 0.6) is 11.5 Å². The normalized spacial score (nSPS) is 10.6. The molecule has 0 bridgehead atoms. The van der Waals surface area contributed by atoms with Gasteiger partial charge in [0, 0.05) is 5.56 Å². The van der Waals surface area contributed by atoms with E-state index in [0.29, 0.717) is 11.3 Å². The molecule has 0 atom stereocenters. The Kier molecular flexibility index (Phi) is 3.27. The van der Waals surface area contributed by atoms with Gasteiger partial charge in [0.05, 0.1) is 13.4 Å². The molecule has 5 heteroatoms. The fourth-order valence-electron chi connectivity index (χ4n) is 1.46. The van der Waals surface area contributed by atoms with Crippen LogP contribution in [-0.2, 0) is 0 Å². The average Bonchev–Trinajstić information content (AvgIpc) is 2.81. The van der Waals surface area contributed by atoms with Gasteiger partial charge in [-0.1, -0.05) is 0 Å². The van der Waals surface area contributed by atoms with Crippen LogP contribution in [0, 0.1) is 0 Å². The highest BCUT2D eigenvalue weighted by molar-refractivity contribution is 5.62. The van der Waals surface area contributed by atoms with Crippen molar-refractivity contribution in [3.63, 3.8) is 0 Å². The number of hydrogen-bond donors (Lipinski definition) is 0. The Balaban J connectivity index is 2.37. The topological polar surface area (TPSA) is 31.6 Å². The van der Waals surface area contributed by atoms with Crippen molar-refractivity contribution in [1.82, 2.24) is 0 Å². The predicted octanol–water partition coefficient (Wildman–Crippen LogP) is 3.56. The smallest absolute Gasteiger partial charge is 0.387 e. The van der Waals surface area contributed by atoms with Gasteiger partial charge in [-0.05, 0) is 30.3 Å². The second-order valence-electron chi connectivity index (χ2n) is 3.22. The summed E-state index contributed by atoms with van der Waals surface area (Å²) in [6, 6.07) is 8.15. The summed E-state index contributed by atoms with van der Waals surface area (Å²) >= 11 is 0. The van der Waals surface area contributed by atoms with Gasteiger partial charge < -0.3 is 13.9 Å². The van der Waals surface area contributed by atoms with Crippen LogP contribution in [0.2, 0.25) is 0 Å². The molecule has 0 N–H and O–H groups in total. The number of benzene rings is 1. The molecule has 2 rings (SSSR count). The van der Waals surface area contributed by atoms with E-state index in [9.17, 15) is 8.78 Å². The number of furan rings is 1. The Bertz CT molecular complexity index is 481. The molecule has 1 aromatic carbocycles. The summed E-state index contributed by atoms with van der Waals surface area (Å²) < 4.78 is 38.9. The monoisotopic (exact) mass is 240 g/mol. The van der Waals surface area contributed by atoms with Gasteiger partial charge in [0.1, 0.15) is 5.76 Å². The van der Waals surface area contributed by atoms with Crippen LogP contribution in [0.4, 0.5) is 8.78 Å². The van der Waals surface area contributed by atoms with Crippen LogP contribution in [0.1, 0.15) is 0 Å². The zero-order valence-electron chi connectivity index (χ0n) is 9.02. The van der Waals surface area contributed by atoms with E-state index in [1.54, 1.807) is 24.3 Å². The molecule has 0 aliphatic carbocycles. The molecule has 0 amide bonds. The van der Waals surface area contributed by atoms with Crippen LogP contribution in [-0.4, -0.2) is 13.7 Å². The van der Waals surface area contributed by atoms with E-state index in [0.717, 1.165) is 0 Å². The highest BCUT2D eigenvalue weighted by Gasteiger charge is 2.12. The quantitative estimate of drug-likeness (QED) is 0.818. The van der Waals surface area contributed by atoms with Crippen molar-refractivity contribution in [2.24, 2.45) is 0 Å².